The molecule has 0 aliphatic heterocycles. The molecule has 4 saturated carbocycles. The van der Waals surface area contributed by atoms with Crippen molar-refractivity contribution in [3.05, 3.63) is 0 Å². The van der Waals surface area contributed by atoms with E-state index in [-0.39, 0.29) is 23.7 Å². The summed E-state index contributed by atoms with van der Waals surface area (Å²) in [6.45, 7) is 3.09. The molecule has 0 spiro atoms. The van der Waals surface area contributed by atoms with Gasteiger partial charge in [0.25, 0.3) is 0 Å². The number of hydrogen-bond donors (Lipinski definition) is 6. The van der Waals surface area contributed by atoms with Crippen LogP contribution in [0.5, 0.6) is 0 Å². The Morgan fingerprint density at radius 3 is 2.11 bits per heavy atom. The van der Waals surface area contributed by atoms with Crippen molar-refractivity contribution < 1.29 is 30.6 Å². The van der Waals surface area contributed by atoms with Gasteiger partial charge in [-0.3, -0.25) is 0 Å². The van der Waals surface area contributed by atoms with Gasteiger partial charge in [-0.1, -0.05) is 6.92 Å². The molecule has 0 heterocycles. The molecule has 0 saturated heterocycles. The molecular formula is C13H20O6. The third-order valence-electron chi connectivity index (χ3n) is 7.01. The average molecular weight is 272 g/mol. The number of rotatable bonds is 1. The molecule has 4 aliphatic carbocycles. The standard InChI is InChI=1S/C13H20O6/c1-4-8-9-6-3-7(15)11(6,17)13(9,19)12(8,18)10(4,16)5(2)14/h4-9,14-19H,3H2,1-2H3. The molecule has 0 bridgehead atoms. The third-order valence-corrected chi connectivity index (χ3v) is 7.01. The van der Waals surface area contributed by atoms with Crippen molar-refractivity contribution in [3.8, 4) is 0 Å². The normalized spacial score (nSPS) is 74.2. The van der Waals surface area contributed by atoms with Gasteiger partial charge in [-0.05, 0) is 19.3 Å². The average Bonchev–Trinajstić information content (AvgIpc) is 2.37. The van der Waals surface area contributed by atoms with Gasteiger partial charge in [0.15, 0.2) is 0 Å². The number of fused-ring (bicyclic) bond motifs is 7. The highest BCUT2D eigenvalue weighted by molar-refractivity contribution is 5.51. The zero-order valence-corrected chi connectivity index (χ0v) is 10.9. The maximum absolute atomic E-state index is 10.8. The highest BCUT2D eigenvalue weighted by atomic mass is 16.5. The number of aliphatic hydroxyl groups is 6. The van der Waals surface area contributed by atoms with Crippen molar-refractivity contribution in [2.24, 2.45) is 23.7 Å². The summed E-state index contributed by atoms with van der Waals surface area (Å²) < 4.78 is 0. The third kappa shape index (κ3) is 0.711. The van der Waals surface area contributed by atoms with Crippen molar-refractivity contribution in [3.63, 3.8) is 0 Å². The van der Waals surface area contributed by atoms with E-state index in [2.05, 4.69) is 0 Å². The summed E-state index contributed by atoms with van der Waals surface area (Å²) in [5, 5.41) is 62.0. The fraction of sp³-hybridized carbons (Fsp3) is 1.00. The smallest absolute Gasteiger partial charge is 0.131 e. The van der Waals surface area contributed by atoms with Crippen molar-refractivity contribution >= 4 is 0 Å². The van der Waals surface area contributed by atoms with Gasteiger partial charge in [0.1, 0.15) is 22.4 Å². The van der Waals surface area contributed by atoms with Crippen LogP contribution in [0.4, 0.5) is 0 Å². The summed E-state index contributed by atoms with van der Waals surface area (Å²) in [7, 11) is 0. The molecule has 0 aromatic carbocycles. The topological polar surface area (TPSA) is 121 Å². The van der Waals surface area contributed by atoms with Crippen LogP contribution in [0.3, 0.4) is 0 Å². The molecule has 4 aliphatic rings. The van der Waals surface area contributed by atoms with E-state index in [9.17, 15) is 30.6 Å². The molecule has 4 rings (SSSR count). The van der Waals surface area contributed by atoms with E-state index in [1.54, 1.807) is 6.92 Å². The Bertz CT molecular complexity index is 482. The minimum Gasteiger partial charge on any atom is -0.390 e. The summed E-state index contributed by atoms with van der Waals surface area (Å²) in [5.74, 6) is -1.22. The van der Waals surface area contributed by atoms with E-state index in [0.29, 0.717) is 6.42 Å². The largest absolute Gasteiger partial charge is 0.390 e. The summed E-state index contributed by atoms with van der Waals surface area (Å²) in [4.78, 5) is 0. The molecule has 0 aromatic rings. The molecule has 10 atom stereocenters. The minimum atomic E-state index is -1.94. The molecule has 6 nitrogen and oxygen atoms in total. The van der Waals surface area contributed by atoms with Gasteiger partial charge in [-0.25, -0.2) is 0 Å². The minimum absolute atomic E-state index is 0.223. The second kappa shape index (κ2) is 2.73. The first-order chi connectivity index (χ1) is 8.61. The summed E-state index contributed by atoms with van der Waals surface area (Å²) >= 11 is 0. The summed E-state index contributed by atoms with van der Waals surface area (Å²) in [6.07, 6.45) is -1.90. The lowest BCUT2D eigenvalue weighted by molar-refractivity contribution is -0.570. The molecule has 0 radical (unpaired) electrons. The number of hydrogen-bond acceptors (Lipinski definition) is 6. The van der Waals surface area contributed by atoms with Crippen molar-refractivity contribution in [2.75, 3.05) is 0 Å². The van der Waals surface area contributed by atoms with Gasteiger partial charge >= 0.3 is 0 Å². The maximum Gasteiger partial charge on any atom is 0.131 e. The van der Waals surface area contributed by atoms with Gasteiger partial charge in [-0.2, -0.15) is 0 Å². The fourth-order valence-electron chi connectivity index (χ4n) is 6.06. The quantitative estimate of drug-likeness (QED) is 0.316. The molecule has 108 valence electrons. The van der Waals surface area contributed by atoms with Gasteiger partial charge in [0.2, 0.25) is 0 Å². The lowest BCUT2D eigenvalue weighted by Crippen LogP contribution is -3.09. The van der Waals surface area contributed by atoms with Crippen LogP contribution in [0, 0.1) is 23.7 Å². The van der Waals surface area contributed by atoms with Crippen molar-refractivity contribution in [2.45, 2.75) is 54.9 Å². The zero-order chi connectivity index (χ0) is 14.2. The molecule has 10 unspecified atom stereocenters. The molecule has 6 heteroatoms. The van der Waals surface area contributed by atoms with E-state index in [4.69, 9.17) is 0 Å². The van der Waals surface area contributed by atoms with Gasteiger partial charge in [0, 0.05) is 17.8 Å². The number of aliphatic hydroxyl groups excluding tert-OH is 2. The highest BCUT2D eigenvalue weighted by Gasteiger charge is 3.02. The van der Waals surface area contributed by atoms with E-state index in [1.807, 2.05) is 0 Å². The van der Waals surface area contributed by atoms with Crippen LogP contribution < -0.4 is 0 Å². The first kappa shape index (κ1) is 12.5. The van der Waals surface area contributed by atoms with Crippen LogP contribution in [0.25, 0.3) is 0 Å². The van der Waals surface area contributed by atoms with Gasteiger partial charge in [0.05, 0.1) is 12.2 Å². The van der Waals surface area contributed by atoms with Crippen LogP contribution in [-0.4, -0.2) is 65.3 Å². The second-order valence-corrected chi connectivity index (χ2v) is 7.06. The van der Waals surface area contributed by atoms with Crippen LogP contribution >= 0.6 is 0 Å². The Morgan fingerprint density at radius 1 is 1.05 bits per heavy atom. The molecule has 0 aromatic heterocycles. The Hall–Kier alpha value is -0.240. The lowest BCUT2D eigenvalue weighted by Gasteiger charge is -2.92. The molecule has 0 amide bonds. The van der Waals surface area contributed by atoms with E-state index >= 15 is 0 Å². The van der Waals surface area contributed by atoms with Gasteiger partial charge < -0.3 is 30.6 Å². The summed E-state index contributed by atoms with van der Waals surface area (Å²) in [6, 6.07) is 0. The summed E-state index contributed by atoms with van der Waals surface area (Å²) in [5.41, 5.74) is -7.44. The van der Waals surface area contributed by atoms with Crippen molar-refractivity contribution in [1.82, 2.24) is 0 Å². The molecular weight excluding hydrogens is 252 g/mol. The first-order valence-corrected chi connectivity index (χ1v) is 6.86. The molecule has 19 heavy (non-hydrogen) atoms. The Labute approximate surface area is 110 Å². The first-order valence-electron chi connectivity index (χ1n) is 6.86. The van der Waals surface area contributed by atoms with Crippen LogP contribution in [-0.2, 0) is 0 Å². The highest BCUT2D eigenvalue weighted by Crippen LogP contribution is 2.85. The van der Waals surface area contributed by atoms with E-state index in [1.165, 1.54) is 6.92 Å². The predicted molar refractivity (Wildman–Crippen MR) is 61.7 cm³/mol. The Balaban J connectivity index is 1.81. The monoisotopic (exact) mass is 272 g/mol. The molecule has 4 fully saturated rings. The molecule has 6 N–H and O–H groups in total. The van der Waals surface area contributed by atoms with Gasteiger partial charge in [-0.15, -0.1) is 0 Å². The van der Waals surface area contributed by atoms with Crippen LogP contribution in [0.15, 0.2) is 0 Å². The Kier molecular flexibility index (Phi) is 1.79. The van der Waals surface area contributed by atoms with E-state index in [0.717, 1.165) is 0 Å². The van der Waals surface area contributed by atoms with Crippen LogP contribution in [0.1, 0.15) is 20.3 Å². The fourth-order valence-corrected chi connectivity index (χ4v) is 6.06. The van der Waals surface area contributed by atoms with E-state index < -0.39 is 34.6 Å². The SMILES string of the molecule is CC(O)C1(O)C(C)C2C3C4CC(O)C4(O)C3(O)C21O. The zero-order valence-electron chi connectivity index (χ0n) is 10.9. The maximum atomic E-state index is 10.8. The van der Waals surface area contributed by atoms with Crippen molar-refractivity contribution in [1.29, 1.82) is 0 Å². The van der Waals surface area contributed by atoms with Crippen LogP contribution in [0.2, 0.25) is 0 Å². The predicted octanol–water partition coefficient (Wildman–Crippen LogP) is -2.42. The Morgan fingerprint density at radius 2 is 1.63 bits per heavy atom. The second-order valence-electron chi connectivity index (χ2n) is 7.06. The lowest BCUT2D eigenvalue weighted by atomic mass is 9.16.